The van der Waals surface area contributed by atoms with Gasteiger partial charge in [0, 0.05) is 5.02 Å². The molecule has 1 aliphatic rings. The third-order valence-corrected chi connectivity index (χ3v) is 8.61. The predicted molar refractivity (Wildman–Crippen MR) is 143 cm³/mol. The molecule has 0 bridgehead atoms. The van der Waals surface area contributed by atoms with Crippen LogP contribution in [0.25, 0.3) is 0 Å². The average Bonchev–Trinajstić information content (AvgIpc) is 2.90. The van der Waals surface area contributed by atoms with Crippen molar-refractivity contribution in [1.82, 2.24) is 5.32 Å². The van der Waals surface area contributed by atoms with E-state index in [1.807, 2.05) is 6.92 Å². The first-order valence-corrected chi connectivity index (χ1v) is 14.0. The Hall–Kier alpha value is -3.03. The summed E-state index contributed by atoms with van der Waals surface area (Å²) < 4.78 is 33.5. The number of anilines is 1. The molecule has 3 aromatic carbocycles. The standard InChI is InChI=1S/C28H31ClN2O4S/c1-3-27(22-9-8-20-6-4-5-7-21(20)18-22)30-28(32)19-31(24-12-10-23(29)11-13-24)36(33,34)26-16-14-25(35-2)15-17-26/h8-18,27H,3-7,19H2,1-2H3,(H,30,32)/t27-/m0/s1. The minimum absolute atomic E-state index is 0.0628. The SMILES string of the molecule is CC[C@H](NC(=O)CN(c1ccc(Cl)cc1)S(=O)(=O)c1ccc(OC)cc1)c1ccc2c(c1)CCCC2. The van der Waals surface area contributed by atoms with Crippen molar-refractivity contribution in [2.45, 2.75) is 50.0 Å². The molecule has 4 rings (SSSR count). The second-order valence-corrected chi connectivity index (χ2v) is 11.2. The summed E-state index contributed by atoms with van der Waals surface area (Å²) in [5.74, 6) is 0.159. The first-order chi connectivity index (χ1) is 17.3. The molecule has 0 heterocycles. The molecule has 0 saturated carbocycles. The largest absolute Gasteiger partial charge is 0.497 e. The summed E-state index contributed by atoms with van der Waals surface area (Å²) in [6, 6.07) is 18.7. The molecule has 0 aliphatic heterocycles. The summed E-state index contributed by atoms with van der Waals surface area (Å²) in [7, 11) is -2.52. The molecule has 1 aliphatic carbocycles. The zero-order valence-corrected chi connectivity index (χ0v) is 22.1. The molecule has 0 radical (unpaired) electrons. The summed E-state index contributed by atoms with van der Waals surface area (Å²) in [4.78, 5) is 13.3. The van der Waals surface area contributed by atoms with Gasteiger partial charge < -0.3 is 10.1 Å². The van der Waals surface area contributed by atoms with E-state index in [0.29, 0.717) is 22.9 Å². The van der Waals surface area contributed by atoms with Crippen molar-refractivity contribution in [3.63, 3.8) is 0 Å². The van der Waals surface area contributed by atoms with Crippen molar-refractivity contribution in [3.8, 4) is 5.75 Å². The summed E-state index contributed by atoms with van der Waals surface area (Å²) in [6.45, 7) is 1.65. The maximum Gasteiger partial charge on any atom is 0.264 e. The van der Waals surface area contributed by atoms with Crippen molar-refractivity contribution < 1.29 is 17.9 Å². The molecular formula is C28H31ClN2O4S. The van der Waals surface area contributed by atoms with Crippen LogP contribution in [-0.2, 0) is 27.7 Å². The number of hydrogen-bond donors (Lipinski definition) is 1. The van der Waals surface area contributed by atoms with Gasteiger partial charge in [-0.3, -0.25) is 9.10 Å². The number of halogens is 1. The lowest BCUT2D eigenvalue weighted by atomic mass is 9.89. The van der Waals surface area contributed by atoms with Crippen LogP contribution in [0.5, 0.6) is 5.75 Å². The Labute approximate surface area is 218 Å². The van der Waals surface area contributed by atoms with Crippen LogP contribution >= 0.6 is 11.6 Å². The molecule has 6 nitrogen and oxygen atoms in total. The highest BCUT2D eigenvalue weighted by Gasteiger charge is 2.28. The number of nitrogens with one attached hydrogen (secondary N) is 1. The molecule has 1 N–H and O–H groups in total. The van der Waals surface area contributed by atoms with E-state index in [1.165, 1.54) is 43.2 Å². The fourth-order valence-electron chi connectivity index (χ4n) is 4.56. The second-order valence-electron chi connectivity index (χ2n) is 8.93. The van der Waals surface area contributed by atoms with Crippen LogP contribution in [0.15, 0.2) is 71.6 Å². The normalized spacial score (nSPS) is 14.0. The second kappa shape index (κ2) is 11.4. The number of rotatable bonds is 9. The number of carbonyl (C=O) groups excluding carboxylic acids is 1. The lowest BCUT2D eigenvalue weighted by Gasteiger charge is -2.26. The minimum atomic E-state index is -4.03. The Morgan fingerprint density at radius 3 is 2.31 bits per heavy atom. The van der Waals surface area contributed by atoms with Gasteiger partial charge in [-0.2, -0.15) is 0 Å². The highest BCUT2D eigenvalue weighted by atomic mass is 35.5. The fourth-order valence-corrected chi connectivity index (χ4v) is 6.11. The van der Waals surface area contributed by atoms with Crippen molar-refractivity contribution in [1.29, 1.82) is 0 Å². The van der Waals surface area contributed by atoms with Crippen molar-refractivity contribution in [2.24, 2.45) is 0 Å². The number of amides is 1. The number of sulfonamides is 1. The zero-order valence-electron chi connectivity index (χ0n) is 20.5. The molecule has 36 heavy (non-hydrogen) atoms. The summed E-state index contributed by atoms with van der Waals surface area (Å²) in [5, 5.41) is 3.53. The molecule has 0 fully saturated rings. The molecule has 0 saturated heterocycles. The molecule has 3 aromatic rings. The van der Waals surface area contributed by atoms with Crippen LogP contribution in [0.3, 0.4) is 0 Å². The van der Waals surface area contributed by atoms with E-state index in [1.54, 1.807) is 36.4 Å². The van der Waals surface area contributed by atoms with Crippen LogP contribution in [-0.4, -0.2) is 28.0 Å². The van der Waals surface area contributed by atoms with Gasteiger partial charge in [0.15, 0.2) is 0 Å². The Kier molecular flexibility index (Phi) is 8.21. The zero-order chi connectivity index (χ0) is 25.7. The molecule has 0 aromatic heterocycles. The number of carbonyl (C=O) groups is 1. The van der Waals surface area contributed by atoms with Crippen LogP contribution in [0.4, 0.5) is 5.69 Å². The molecule has 0 spiro atoms. The number of hydrogen-bond acceptors (Lipinski definition) is 4. The smallest absolute Gasteiger partial charge is 0.264 e. The van der Waals surface area contributed by atoms with Crippen molar-refractivity contribution >= 4 is 33.2 Å². The van der Waals surface area contributed by atoms with Crippen LogP contribution in [0.1, 0.15) is 48.9 Å². The van der Waals surface area contributed by atoms with Crippen LogP contribution in [0.2, 0.25) is 5.02 Å². The highest BCUT2D eigenvalue weighted by molar-refractivity contribution is 7.92. The molecule has 1 amide bonds. The fraction of sp³-hybridized carbons (Fsp3) is 0.321. The van der Waals surface area contributed by atoms with Gasteiger partial charge in [-0.25, -0.2) is 8.42 Å². The number of ether oxygens (including phenoxy) is 1. The number of methoxy groups -OCH3 is 1. The van der Waals surface area contributed by atoms with E-state index in [-0.39, 0.29) is 23.4 Å². The van der Waals surface area contributed by atoms with E-state index in [2.05, 4.69) is 23.5 Å². The van der Waals surface area contributed by atoms with Gasteiger partial charge in [0.25, 0.3) is 10.0 Å². The summed E-state index contributed by atoms with van der Waals surface area (Å²) >= 11 is 6.03. The first kappa shape index (κ1) is 26.0. The van der Waals surface area contributed by atoms with E-state index < -0.39 is 10.0 Å². The van der Waals surface area contributed by atoms with Gasteiger partial charge in [0.2, 0.25) is 5.91 Å². The maximum atomic E-state index is 13.6. The highest BCUT2D eigenvalue weighted by Crippen LogP contribution is 2.28. The van der Waals surface area contributed by atoms with E-state index >= 15 is 0 Å². The van der Waals surface area contributed by atoms with Gasteiger partial charge in [-0.05, 0) is 97.3 Å². The Bertz CT molecular complexity index is 1310. The van der Waals surface area contributed by atoms with Crippen LogP contribution < -0.4 is 14.4 Å². The molecule has 1 atom stereocenters. The number of benzene rings is 3. The third kappa shape index (κ3) is 5.85. The molecule has 8 heteroatoms. The van der Waals surface area contributed by atoms with Crippen molar-refractivity contribution in [2.75, 3.05) is 18.0 Å². The average molecular weight is 527 g/mol. The predicted octanol–water partition coefficient (Wildman–Crippen LogP) is 5.69. The van der Waals surface area contributed by atoms with E-state index in [0.717, 1.165) is 22.7 Å². The third-order valence-electron chi connectivity index (χ3n) is 6.57. The van der Waals surface area contributed by atoms with Gasteiger partial charge >= 0.3 is 0 Å². The molecular weight excluding hydrogens is 496 g/mol. The first-order valence-electron chi connectivity index (χ1n) is 12.1. The minimum Gasteiger partial charge on any atom is -0.497 e. The Morgan fingerprint density at radius 2 is 1.67 bits per heavy atom. The van der Waals surface area contributed by atoms with Gasteiger partial charge in [0.05, 0.1) is 23.7 Å². The van der Waals surface area contributed by atoms with E-state index in [9.17, 15) is 13.2 Å². The number of nitrogens with zero attached hydrogens (tertiary/aromatic N) is 1. The summed E-state index contributed by atoms with van der Waals surface area (Å²) in [6.07, 6.45) is 5.23. The quantitative estimate of drug-likeness (QED) is 0.388. The molecule has 0 unspecified atom stereocenters. The van der Waals surface area contributed by atoms with Crippen LogP contribution in [0, 0.1) is 0 Å². The topological polar surface area (TPSA) is 75.7 Å². The number of aryl methyl sites for hydroxylation is 2. The lowest BCUT2D eigenvalue weighted by molar-refractivity contribution is -0.120. The van der Waals surface area contributed by atoms with Gasteiger partial charge in [0.1, 0.15) is 12.3 Å². The van der Waals surface area contributed by atoms with Gasteiger partial charge in [-0.1, -0.05) is 36.7 Å². The van der Waals surface area contributed by atoms with E-state index in [4.69, 9.17) is 16.3 Å². The summed E-state index contributed by atoms with van der Waals surface area (Å²) in [5.41, 5.74) is 4.12. The van der Waals surface area contributed by atoms with Gasteiger partial charge in [-0.15, -0.1) is 0 Å². The Balaban J connectivity index is 1.59. The monoisotopic (exact) mass is 526 g/mol. The lowest BCUT2D eigenvalue weighted by Crippen LogP contribution is -2.42. The van der Waals surface area contributed by atoms with Crippen molar-refractivity contribution in [3.05, 3.63) is 88.4 Å². The molecule has 190 valence electrons. The Morgan fingerprint density at radius 1 is 1.00 bits per heavy atom. The number of fused-ring (bicyclic) bond motifs is 1. The maximum absolute atomic E-state index is 13.6.